The molecule has 9 heteroatoms. The number of likely N-dealkylation sites (tertiary alicyclic amines) is 1. The first-order valence-corrected chi connectivity index (χ1v) is 11.2. The van der Waals surface area contributed by atoms with Crippen LogP contribution in [0.15, 0.2) is 0 Å². The van der Waals surface area contributed by atoms with Gasteiger partial charge in [0.25, 0.3) is 0 Å². The van der Waals surface area contributed by atoms with Crippen molar-refractivity contribution in [2.24, 2.45) is 5.92 Å². The zero-order valence-corrected chi connectivity index (χ0v) is 18.8. The van der Waals surface area contributed by atoms with E-state index in [0.29, 0.717) is 18.6 Å². The van der Waals surface area contributed by atoms with Crippen LogP contribution in [0.25, 0.3) is 0 Å². The number of hydrogen-bond acceptors (Lipinski definition) is 6. The SMILES string of the molecule is CCOC(=O)N1CCC(N2CCc3nnc(C(CC(C)C)NC(C)=O)n3CC2)CC1. The van der Waals surface area contributed by atoms with Gasteiger partial charge in [0.05, 0.1) is 12.6 Å². The van der Waals surface area contributed by atoms with E-state index in [9.17, 15) is 9.59 Å². The number of carbonyl (C=O) groups is 2. The van der Waals surface area contributed by atoms with Gasteiger partial charge in [0.1, 0.15) is 5.82 Å². The third-order valence-corrected chi connectivity index (χ3v) is 5.99. The fourth-order valence-electron chi connectivity index (χ4n) is 4.56. The topological polar surface area (TPSA) is 92.6 Å². The normalized spacial score (nSPS) is 19.3. The van der Waals surface area contributed by atoms with Crippen molar-refractivity contribution in [3.63, 3.8) is 0 Å². The van der Waals surface area contributed by atoms with Gasteiger partial charge in [-0.1, -0.05) is 13.8 Å². The summed E-state index contributed by atoms with van der Waals surface area (Å²) < 4.78 is 7.33. The number of nitrogens with zero attached hydrogens (tertiary/aromatic N) is 5. The van der Waals surface area contributed by atoms with Crippen LogP contribution in [-0.4, -0.2) is 75.4 Å². The van der Waals surface area contributed by atoms with E-state index < -0.39 is 0 Å². The van der Waals surface area contributed by atoms with Gasteiger partial charge in [-0.05, 0) is 32.1 Å². The smallest absolute Gasteiger partial charge is 0.409 e. The number of rotatable bonds is 6. The lowest BCUT2D eigenvalue weighted by atomic mass is 10.0. The lowest BCUT2D eigenvalue weighted by Gasteiger charge is -2.37. The molecule has 0 aromatic carbocycles. The molecule has 1 fully saturated rings. The molecule has 2 aliphatic rings. The van der Waals surface area contributed by atoms with Gasteiger partial charge in [-0.2, -0.15) is 0 Å². The summed E-state index contributed by atoms with van der Waals surface area (Å²) in [5.41, 5.74) is 0. The molecule has 1 N–H and O–H groups in total. The van der Waals surface area contributed by atoms with Crippen LogP contribution in [0.2, 0.25) is 0 Å². The first kappa shape index (κ1) is 22.5. The number of hydrogen-bond donors (Lipinski definition) is 1. The summed E-state index contributed by atoms with van der Waals surface area (Å²) in [7, 11) is 0. The molecule has 1 saturated heterocycles. The third kappa shape index (κ3) is 5.50. The molecule has 0 spiro atoms. The molecule has 168 valence electrons. The molecule has 0 aliphatic carbocycles. The van der Waals surface area contributed by atoms with Crippen LogP contribution in [0.3, 0.4) is 0 Å². The summed E-state index contributed by atoms with van der Waals surface area (Å²) in [6.45, 7) is 12.3. The highest BCUT2D eigenvalue weighted by Crippen LogP contribution is 2.24. The van der Waals surface area contributed by atoms with E-state index in [4.69, 9.17) is 4.74 Å². The molecular weight excluding hydrogens is 384 g/mol. The Morgan fingerprint density at radius 3 is 2.50 bits per heavy atom. The molecule has 2 amide bonds. The van der Waals surface area contributed by atoms with Crippen molar-refractivity contribution in [2.45, 2.75) is 72.0 Å². The van der Waals surface area contributed by atoms with Crippen molar-refractivity contribution < 1.29 is 14.3 Å². The van der Waals surface area contributed by atoms with E-state index in [1.165, 1.54) is 0 Å². The molecule has 2 aliphatic heterocycles. The number of piperidine rings is 1. The fraction of sp³-hybridized carbons (Fsp3) is 0.810. The molecule has 3 heterocycles. The molecule has 3 rings (SSSR count). The zero-order valence-electron chi connectivity index (χ0n) is 18.8. The van der Waals surface area contributed by atoms with E-state index in [0.717, 1.165) is 70.1 Å². The van der Waals surface area contributed by atoms with Crippen molar-refractivity contribution in [1.29, 1.82) is 0 Å². The van der Waals surface area contributed by atoms with Crippen molar-refractivity contribution in [3.8, 4) is 0 Å². The van der Waals surface area contributed by atoms with Gasteiger partial charge < -0.3 is 19.5 Å². The van der Waals surface area contributed by atoms with Crippen molar-refractivity contribution in [2.75, 3.05) is 32.8 Å². The van der Waals surface area contributed by atoms with Gasteiger partial charge in [-0.3, -0.25) is 9.69 Å². The first-order chi connectivity index (χ1) is 14.4. The highest BCUT2D eigenvalue weighted by molar-refractivity contribution is 5.73. The van der Waals surface area contributed by atoms with Gasteiger partial charge in [0.15, 0.2) is 5.82 Å². The Morgan fingerprint density at radius 1 is 1.13 bits per heavy atom. The fourth-order valence-corrected chi connectivity index (χ4v) is 4.56. The van der Waals surface area contributed by atoms with E-state index in [-0.39, 0.29) is 18.0 Å². The lowest BCUT2D eigenvalue weighted by Crippen LogP contribution is -2.47. The van der Waals surface area contributed by atoms with Crippen LogP contribution in [0, 0.1) is 5.92 Å². The van der Waals surface area contributed by atoms with Gasteiger partial charge >= 0.3 is 6.09 Å². The Kier molecular flexibility index (Phi) is 7.69. The number of fused-ring (bicyclic) bond motifs is 1. The Balaban J connectivity index is 1.62. The van der Waals surface area contributed by atoms with Crippen LogP contribution in [-0.2, 0) is 22.5 Å². The van der Waals surface area contributed by atoms with Crippen molar-refractivity contribution >= 4 is 12.0 Å². The predicted molar refractivity (Wildman–Crippen MR) is 113 cm³/mol. The van der Waals surface area contributed by atoms with E-state index >= 15 is 0 Å². The number of nitrogens with one attached hydrogen (secondary N) is 1. The van der Waals surface area contributed by atoms with E-state index in [1.54, 1.807) is 6.92 Å². The van der Waals surface area contributed by atoms with Crippen LogP contribution < -0.4 is 5.32 Å². The quantitative estimate of drug-likeness (QED) is 0.757. The highest BCUT2D eigenvalue weighted by Gasteiger charge is 2.30. The summed E-state index contributed by atoms with van der Waals surface area (Å²) >= 11 is 0. The number of aromatic nitrogens is 3. The monoisotopic (exact) mass is 420 g/mol. The minimum Gasteiger partial charge on any atom is -0.450 e. The van der Waals surface area contributed by atoms with E-state index in [2.05, 4.69) is 38.8 Å². The molecule has 9 nitrogen and oxygen atoms in total. The Hall–Kier alpha value is -2.16. The minimum atomic E-state index is -0.197. The third-order valence-electron chi connectivity index (χ3n) is 5.99. The standard InChI is InChI=1S/C21H36N6O3/c1-5-30-21(29)26-9-6-17(7-10-26)25-11-8-19-23-24-20(27(19)13-12-25)18(14-15(2)3)22-16(4)28/h15,17-18H,5-14H2,1-4H3,(H,22,28). The van der Waals surface area contributed by atoms with Gasteiger partial charge in [0, 0.05) is 52.1 Å². The Morgan fingerprint density at radius 2 is 1.87 bits per heavy atom. The summed E-state index contributed by atoms with van der Waals surface area (Å²) in [6, 6.07) is 0.363. The number of ether oxygens (including phenoxy) is 1. The van der Waals surface area contributed by atoms with Gasteiger partial charge in [-0.25, -0.2) is 4.79 Å². The molecule has 1 atom stereocenters. The molecule has 1 aromatic heterocycles. The molecule has 1 aromatic rings. The second-order valence-corrected chi connectivity index (χ2v) is 8.71. The second-order valence-electron chi connectivity index (χ2n) is 8.71. The van der Waals surface area contributed by atoms with Crippen molar-refractivity contribution in [1.82, 2.24) is 29.9 Å². The summed E-state index contributed by atoms with van der Waals surface area (Å²) in [5.74, 6) is 2.27. The maximum absolute atomic E-state index is 11.9. The average molecular weight is 421 g/mol. The maximum Gasteiger partial charge on any atom is 0.409 e. The lowest BCUT2D eigenvalue weighted by molar-refractivity contribution is -0.119. The zero-order chi connectivity index (χ0) is 21.7. The van der Waals surface area contributed by atoms with Gasteiger partial charge in [0.2, 0.25) is 5.91 Å². The minimum absolute atomic E-state index is 0.0402. The molecule has 30 heavy (non-hydrogen) atoms. The highest BCUT2D eigenvalue weighted by atomic mass is 16.6. The van der Waals surface area contributed by atoms with Crippen molar-refractivity contribution in [3.05, 3.63) is 11.6 Å². The predicted octanol–water partition coefficient (Wildman–Crippen LogP) is 1.98. The van der Waals surface area contributed by atoms with Crippen LogP contribution in [0.1, 0.15) is 64.6 Å². The first-order valence-electron chi connectivity index (χ1n) is 11.2. The molecular formula is C21H36N6O3. The Labute approximate surface area is 179 Å². The summed E-state index contributed by atoms with van der Waals surface area (Å²) in [6.07, 6.45) is 3.42. The summed E-state index contributed by atoms with van der Waals surface area (Å²) in [4.78, 5) is 28.0. The Bertz CT molecular complexity index is 726. The summed E-state index contributed by atoms with van der Waals surface area (Å²) in [5, 5.41) is 12.0. The average Bonchev–Trinajstić information content (AvgIpc) is 2.98. The molecule has 0 bridgehead atoms. The number of carbonyl (C=O) groups excluding carboxylic acids is 2. The van der Waals surface area contributed by atoms with Crippen LogP contribution in [0.4, 0.5) is 4.79 Å². The molecule has 0 saturated carbocycles. The second kappa shape index (κ2) is 10.2. The van der Waals surface area contributed by atoms with Crippen LogP contribution >= 0.6 is 0 Å². The van der Waals surface area contributed by atoms with Crippen LogP contribution in [0.5, 0.6) is 0 Å². The van der Waals surface area contributed by atoms with E-state index in [1.807, 2.05) is 11.8 Å². The number of amides is 2. The molecule has 0 radical (unpaired) electrons. The van der Waals surface area contributed by atoms with Gasteiger partial charge in [-0.15, -0.1) is 10.2 Å². The maximum atomic E-state index is 11.9. The molecule has 1 unspecified atom stereocenters. The largest absolute Gasteiger partial charge is 0.450 e.